The molecule has 0 saturated heterocycles. The molecule has 0 aliphatic heterocycles. The molecule has 2 aromatic heterocycles. The minimum atomic E-state index is -0.0954. The van der Waals surface area contributed by atoms with E-state index < -0.39 is 0 Å². The second kappa shape index (κ2) is 5.99. The number of hydrogen-bond donors (Lipinski definition) is 2. The van der Waals surface area contributed by atoms with E-state index in [4.69, 9.17) is 10.3 Å². The minimum absolute atomic E-state index is 0.0954. The van der Waals surface area contributed by atoms with Crippen molar-refractivity contribution in [1.29, 1.82) is 0 Å². The molecule has 2 aromatic rings. The standard InChI is InChI=1S/C13H21N5O/c1-4-10-5-6-12(19-10)11(17-14)7-13-15-8-16-18(13)9(2)3/h5-6,8-9,11,17H,4,7,14H2,1-3H3. The molecule has 3 N–H and O–H groups in total. The highest BCUT2D eigenvalue weighted by Gasteiger charge is 2.18. The third-order valence-corrected chi connectivity index (χ3v) is 3.10. The van der Waals surface area contributed by atoms with Gasteiger partial charge in [0.15, 0.2) is 0 Å². The summed E-state index contributed by atoms with van der Waals surface area (Å²) in [6, 6.07) is 4.12. The first-order valence-electron chi connectivity index (χ1n) is 6.58. The summed E-state index contributed by atoms with van der Waals surface area (Å²) < 4.78 is 7.63. The third kappa shape index (κ3) is 3.02. The molecule has 0 aliphatic rings. The van der Waals surface area contributed by atoms with E-state index in [1.165, 1.54) is 0 Å². The van der Waals surface area contributed by atoms with E-state index in [9.17, 15) is 0 Å². The van der Waals surface area contributed by atoms with Gasteiger partial charge in [0.25, 0.3) is 0 Å². The molecule has 19 heavy (non-hydrogen) atoms. The summed E-state index contributed by atoms with van der Waals surface area (Å²) in [5, 5.41) is 4.22. The molecule has 0 spiro atoms. The molecule has 0 aromatic carbocycles. The molecule has 0 fully saturated rings. The highest BCUT2D eigenvalue weighted by Crippen LogP contribution is 2.20. The molecule has 104 valence electrons. The van der Waals surface area contributed by atoms with Crippen LogP contribution in [0.2, 0.25) is 0 Å². The van der Waals surface area contributed by atoms with E-state index in [1.54, 1.807) is 6.33 Å². The fourth-order valence-electron chi connectivity index (χ4n) is 2.05. The first-order chi connectivity index (χ1) is 9.15. The number of hydrazine groups is 1. The Hall–Kier alpha value is -1.66. The van der Waals surface area contributed by atoms with E-state index >= 15 is 0 Å². The van der Waals surface area contributed by atoms with Gasteiger partial charge in [-0.2, -0.15) is 5.10 Å². The van der Waals surface area contributed by atoms with Gasteiger partial charge in [-0.25, -0.2) is 15.1 Å². The summed E-state index contributed by atoms with van der Waals surface area (Å²) in [5.74, 6) is 8.32. The average molecular weight is 263 g/mol. The smallest absolute Gasteiger partial charge is 0.138 e. The summed E-state index contributed by atoms with van der Waals surface area (Å²) in [6.07, 6.45) is 3.09. The van der Waals surface area contributed by atoms with Crippen molar-refractivity contribution in [2.24, 2.45) is 5.84 Å². The summed E-state index contributed by atoms with van der Waals surface area (Å²) in [7, 11) is 0. The molecular weight excluding hydrogens is 242 g/mol. The summed E-state index contributed by atoms with van der Waals surface area (Å²) in [4.78, 5) is 4.29. The summed E-state index contributed by atoms with van der Waals surface area (Å²) in [5.41, 5.74) is 2.79. The third-order valence-electron chi connectivity index (χ3n) is 3.10. The zero-order valence-corrected chi connectivity index (χ0v) is 11.6. The number of aromatic nitrogens is 3. The maximum atomic E-state index is 5.74. The zero-order valence-electron chi connectivity index (χ0n) is 11.6. The van der Waals surface area contributed by atoms with Crippen molar-refractivity contribution < 1.29 is 4.42 Å². The predicted molar refractivity (Wildman–Crippen MR) is 72.3 cm³/mol. The van der Waals surface area contributed by atoms with Crippen LogP contribution in [0.1, 0.15) is 50.2 Å². The molecule has 6 heteroatoms. The van der Waals surface area contributed by atoms with E-state index in [2.05, 4.69) is 36.3 Å². The topological polar surface area (TPSA) is 81.9 Å². The first kappa shape index (κ1) is 13.8. The Balaban J connectivity index is 2.16. The van der Waals surface area contributed by atoms with Crippen LogP contribution in [0.5, 0.6) is 0 Å². The molecule has 0 radical (unpaired) electrons. The maximum Gasteiger partial charge on any atom is 0.138 e. The molecule has 0 amide bonds. The van der Waals surface area contributed by atoms with Crippen LogP contribution in [0.3, 0.4) is 0 Å². The van der Waals surface area contributed by atoms with Crippen LogP contribution in [0, 0.1) is 0 Å². The van der Waals surface area contributed by atoms with Gasteiger partial charge in [-0.1, -0.05) is 6.92 Å². The molecule has 1 unspecified atom stereocenters. The van der Waals surface area contributed by atoms with Crippen LogP contribution in [0.15, 0.2) is 22.9 Å². The molecule has 2 rings (SSSR count). The van der Waals surface area contributed by atoms with Crippen molar-refractivity contribution in [2.45, 2.75) is 45.7 Å². The van der Waals surface area contributed by atoms with Crippen molar-refractivity contribution in [3.05, 3.63) is 35.8 Å². The van der Waals surface area contributed by atoms with Crippen molar-refractivity contribution >= 4 is 0 Å². The lowest BCUT2D eigenvalue weighted by Gasteiger charge is -2.15. The van der Waals surface area contributed by atoms with Crippen molar-refractivity contribution in [2.75, 3.05) is 0 Å². The van der Waals surface area contributed by atoms with Gasteiger partial charge in [0.2, 0.25) is 0 Å². The van der Waals surface area contributed by atoms with Crippen LogP contribution in [-0.2, 0) is 12.8 Å². The average Bonchev–Trinajstić information content (AvgIpc) is 3.04. The number of nitrogens with zero attached hydrogens (tertiary/aromatic N) is 3. The molecule has 0 bridgehead atoms. The predicted octanol–water partition coefficient (Wildman–Crippen LogP) is 1.76. The molecular formula is C13H21N5O. The van der Waals surface area contributed by atoms with E-state index in [1.807, 2.05) is 16.8 Å². The Labute approximate surface area is 113 Å². The van der Waals surface area contributed by atoms with Crippen molar-refractivity contribution in [3.8, 4) is 0 Å². The van der Waals surface area contributed by atoms with Gasteiger partial charge in [0, 0.05) is 18.9 Å². The fraction of sp³-hybridized carbons (Fsp3) is 0.538. The number of rotatable bonds is 6. The van der Waals surface area contributed by atoms with Crippen LogP contribution < -0.4 is 11.3 Å². The van der Waals surface area contributed by atoms with Crippen molar-refractivity contribution in [1.82, 2.24) is 20.2 Å². The molecule has 0 aliphatic carbocycles. The fourth-order valence-corrected chi connectivity index (χ4v) is 2.05. The van der Waals surface area contributed by atoms with Gasteiger partial charge in [0.05, 0.1) is 6.04 Å². The van der Waals surface area contributed by atoms with Gasteiger partial charge < -0.3 is 4.42 Å². The normalized spacial score (nSPS) is 13.1. The Kier molecular flexibility index (Phi) is 4.34. The van der Waals surface area contributed by atoms with Gasteiger partial charge in [0.1, 0.15) is 23.7 Å². The Morgan fingerprint density at radius 1 is 1.42 bits per heavy atom. The lowest BCUT2D eigenvalue weighted by Crippen LogP contribution is -2.30. The van der Waals surface area contributed by atoms with Crippen molar-refractivity contribution in [3.63, 3.8) is 0 Å². The molecule has 0 saturated carbocycles. The van der Waals surface area contributed by atoms with E-state index in [0.29, 0.717) is 6.42 Å². The number of nitrogens with one attached hydrogen (secondary N) is 1. The van der Waals surface area contributed by atoms with Crippen LogP contribution in [-0.4, -0.2) is 14.8 Å². The number of hydrogen-bond acceptors (Lipinski definition) is 5. The van der Waals surface area contributed by atoms with Gasteiger partial charge in [-0.05, 0) is 26.0 Å². The minimum Gasteiger partial charge on any atom is -0.464 e. The maximum absolute atomic E-state index is 5.74. The lowest BCUT2D eigenvalue weighted by molar-refractivity contribution is 0.383. The van der Waals surface area contributed by atoms with Crippen LogP contribution in [0.4, 0.5) is 0 Å². The lowest BCUT2D eigenvalue weighted by atomic mass is 10.1. The Morgan fingerprint density at radius 3 is 2.79 bits per heavy atom. The monoisotopic (exact) mass is 263 g/mol. The van der Waals surface area contributed by atoms with Gasteiger partial charge in [-0.3, -0.25) is 5.84 Å². The molecule has 6 nitrogen and oxygen atoms in total. The number of nitrogens with two attached hydrogens (primary N) is 1. The first-order valence-corrected chi connectivity index (χ1v) is 6.58. The largest absolute Gasteiger partial charge is 0.464 e. The Bertz CT molecular complexity index is 517. The van der Waals surface area contributed by atoms with Gasteiger partial charge in [-0.15, -0.1) is 0 Å². The second-order valence-electron chi connectivity index (χ2n) is 4.80. The summed E-state index contributed by atoms with van der Waals surface area (Å²) in [6.45, 7) is 6.21. The molecule has 2 heterocycles. The molecule has 1 atom stereocenters. The van der Waals surface area contributed by atoms with E-state index in [-0.39, 0.29) is 12.1 Å². The second-order valence-corrected chi connectivity index (χ2v) is 4.80. The Morgan fingerprint density at radius 2 is 2.21 bits per heavy atom. The SMILES string of the molecule is CCc1ccc(C(Cc2ncnn2C(C)C)NN)o1. The van der Waals surface area contributed by atoms with Gasteiger partial charge >= 0.3 is 0 Å². The van der Waals surface area contributed by atoms with Crippen LogP contribution in [0.25, 0.3) is 0 Å². The number of aryl methyl sites for hydroxylation is 1. The number of furan rings is 1. The quantitative estimate of drug-likeness (QED) is 0.613. The van der Waals surface area contributed by atoms with Crippen LogP contribution >= 0.6 is 0 Å². The summed E-state index contributed by atoms with van der Waals surface area (Å²) >= 11 is 0. The zero-order chi connectivity index (χ0) is 13.8. The highest BCUT2D eigenvalue weighted by molar-refractivity contribution is 5.12. The highest BCUT2D eigenvalue weighted by atomic mass is 16.3. The van der Waals surface area contributed by atoms with E-state index in [0.717, 1.165) is 23.8 Å².